The van der Waals surface area contributed by atoms with Gasteiger partial charge in [0.2, 0.25) is 5.71 Å². The molecular weight excluding hydrogens is 250 g/mol. The zero-order valence-corrected chi connectivity index (χ0v) is 9.95. The van der Waals surface area contributed by atoms with E-state index in [-0.39, 0.29) is 22.8 Å². The summed E-state index contributed by atoms with van der Waals surface area (Å²) >= 11 is 0. The molecule has 8 nitrogen and oxygen atoms in total. The van der Waals surface area contributed by atoms with Crippen LogP contribution in [0.4, 0.5) is 11.4 Å². The van der Waals surface area contributed by atoms with Crippen LogP contribution in [0.15, 0.2) is 23.3 Å². The number of nitro groups is 1. The van der Waals surface area contributed by atoms with Crippen molar-refractivity contribution in [1.82, 2.24) is 0 Å². The Kier molecular flexibility index (Phi) is 4.82. The van der Waals surface area contributed by atoms with Crippen molar-refractivity contribution in [2.45, 2.75) is 6.92 Å². The van der Waals surface area contributed by atoms with Gasteiger partial charge in [0.05, 0.1) is 17.2 Å². The molecule has 0 spiro atoms. The molecule has 0 aliphatic carbocycles. The molecule has 0 unspecified atom stereocenters. The maximum absolute atomic E-state index is 10.9. The minimum atomic E-state index is -0.588. The van der Waals surface area contributed by atoms with Crippen LogP contribution in [0.1, 0.15) is 6.92 Å². The number of nitrogens with one attached hydrogen (secondary N) is 1. The van der Waals surface area contributed by atoms with Crippen molar-refractivity contribution < 1.29 is 9.66 Å². The third-order valence-corrected chi connectivity index (χ3v) is 1.96. The molecule has 0 radical (unpaired) electrons. The van der Waals surface area contributed by atoms with Crippen molar-refractivity contribution in [3.05, 3.63) is 28.3 Å². The van der Waals surface area contributed by atoms with Crippen LogP contribution < -0.4 is 10.2 Å². The molecule has 19 heavy (non-hydrogen) atoms. The van der Waals surface area contributed by atoms with Crippen molar-refractivity contribution in [2.24, 2.45) is 5.10 Å². The highest BCUT2D eigenvalue weighted by Gasteiger charge is 2.15. The van der Waals surface area contributed by atoms with E-state index in [1.165, 1.54) is 18.2 Å². The first-order valence-corrected chi connectivity index (χ1v) is 5.17. The van der Waals surface area contributed by atoms with Crippen LogP contribution >= 0.6 is 0 Å². The Hall–Kier alpha value is -3.13. The first-order chi connectivity index (χ1) is 9.12. The Morgan fingerprint density at radius 3 is 2.74 bits per heavy atom. The number of nitriles is 2. The smallest absolute Gasteiger partial charge is 0.313 e. The van der Waals surface area contributed by atoms with Crippen LogP contribution in [-0.2, 0) is 0 Å². The van der Waals surface area contributed by atoms with E-state index < -0.39 is 4.92 Å². The molecule has 0 aliphatic rings. The number of anilines is 1. The molecule has 1 aromatic carbocycles. The minimum absolute atomic E-state index is 0.141. The number of nitro benzene ring substituents is 1. The lowest BCUT2D eigenvalue weighted by Crippen LogP contribution is -2.00. The van der Waals surface area contributed by atoms with Crippen LogP contribution in [0.2, 0.25) is 0 Å². The number of nitrogens with zero attached hydrogens (tertiary/aromatic N) is 4. The zero-order valence-electron chi connectivity index (χ0n) is 9.95. The van der Waals surface area contributed by atoms with Gasteiger partial charge in [-0.05, 0) is 19.1 Å². The summed E-state index contributed by atoms with van der Waals surface area (Å²) in [6.07, 6.45) is 0. The minimum Gasteiger partial charge on any atom is -0.487 e. The van der Waals surface area contributed by atoms with E-state index in [9.17, 15) is 10.1 Å². The number of hydrazone groups is 1. The molecule has 0 saturated heterocycles. The van der Waals surface area contributed by atoms with Crippen molar-refractivity contribution in [3.8, 4) is 17.9 Å². The SMILES string of the molecule is CCOc1ccc(NN=C(C#N)C#N)cc1[N+](=O)[O-]. The van der Waals surface area contributed by atoms with Gasteiger partial charge in [-0.3, -0.25) is 15.5 Å². The van der Waals surface area contributed by atoms with E-state index in [4.69, 9.17) is 15.3 Å². The quantitative estimate of drug-likeness (QED) is 0.488. The first-order valence-electron chi connectivity index (χ1n) is 5.17. The number of hydrogen-bond acceptors (Lipinski definition) is 7. The lowest BCUT2D eigenvalue weighted by molar-refractivity contribution is -0.385. The average Bonchev–Trinajstić information content (AvgIpc) is 2.41. The maximum atomic E-state index is 10.9. The highest BCUT2D eigenvalue weighted by molar-refractivity contribution is 6.10. The molecule has 8 heteroatoms. The van der Waals surface area contributed by atoms with Crippen molar-refractivity contribution in [2.75, 3.05) is 12.0 Å². The highest BCUT2D eigenvalue weighted by atomic mass is 16.6. The summed E-state index contributed by atoms with van der Waals surface area (Å²) in [5.74, 6) is 0.141. The molecule has 0 heterocycles. The molecule has 0 bridgehead atoms. The summed E-state index contributed by atoms with van der Waals surface area (Å²) in [6.45, 7) is 2.02. The summed E-state index contributed by atoms with van der Waals surface area (Å²) in [7, 11) is 0. The third kappa shape index (κ3) is 3.68. The number of benzene rings is 1. The second-order valence-corrected chi connectivity index (χ2v) is 3.17. The topological polar surface area (TPSA) is 124 Å². The fraction of sp³-hybridized carbons (Fsp3) is 0.182. The molecule has 0 atom stereocenters. The third-order valence-electron chi connectivity index (χ3n) is 1.96. The normalized spacial score (nSPS) is 8.79. The lowest BCUT2D eigenvalue weighted by Gasteiger charge is -2.05. The van der Waals surface area contributed by atoms with E-state index in [2.05, 4.69) is 10.5 Å². The number of hydrogen-bond donors (Lipinski definition) is 1. The van der Waals surface area contributed by atoms with Gasteiger partial charge in [0.1, 0.15) is 12.1 Å². The monoisotopic (exact) mass is 259 g/mol. The molecule has 1 aromatic rings. The van der Waals surface area contributed by atoms with E-state index in [1.54, 1.807) is 19.1 Å². The molecular formula is C11H9N5O3. The van der Waals surface area contributed by atoms with Gasteiger partial charge >= 0.3 is 5.69 Å². The van der Waals surface area contributed by atoms with Crippen LogP contribution in [0.25, 0.3) is 0 Å². The van der Waals surface area contributed by atoms with Crippen molar-refractivity contribution >= 4 is 17.1 Å². The van der Waals surface area contributed by atoms with Crippen LogP contribution in [0.3, 0.4) is 0 Å². The van der Waals surface area contributed by atoms with Crippen LogP contribution in [-0.4, -0.2) is 17.2 Å². The van der Waals surface area contributed by atoms with Crippen LogP contribution in [0.5, 0.6) is 5.75 Å². The second-order valence-electron chi connectivity index (χ2n) is 3.17. The van der Waals surface area contributed by atoms with Gasteiger partial charge in [-0.25, -0.2) is 0 Å². The summed E-state index contributed by atoms with van der Waals surface area (Å²) in [6, 6.07) is 7.24. The molecule has 0 fully saturated rings. The Bertz CT molecular complexity index is 581. The fourth-order valence-corrected chi connectivity index (χ4v) is 1.20. The highest BCUT2D eigenvalue weighted by Crippen LogP contribution is 2.29. The van der Waals surface area contributed by atoms with Gasteiger partial charge in [0.15, 0.2) is 5.75 Å². The van der Waals surface area contributed by atoms with E-state index in [0.29, 0.717) is 6.61 Å². The number of rotatable bonds is 5. The molecule has 96 valence electrons. The molecule has 0 aliphatic heterocycles. The molecule has 0 aromatic heterocycles. The van der Waals surface area contributed by atoms with Crippen LogP contribution in [0, 0.1) is 32.8 Å². The van der Waals surface area contributed by atoms with E-state index in [0.717, 1.165) is 0 Å². The Labute approximate surface area is 108 Å². The van der Waals surface area contributed by atoms with Gasteiger partial charge in [-0.1, -0.05) is 0 Å². The summed E-state index contributed by atoms with van der Waals surface area (Å²) in [4.78, 5) is 10.3. The second kappa shape index (κ2) is 6.57. The summed E-state index contributed by atoms with van der Waals surface area (Å²) in [5, 5.41) is 31.3. The zero-order chi connectivity index (χ0) is 14.3. The molecule has 0 amide bonds. The number of ether oxygens (including phenoxy) is 1. The van der Waals surface area contributed by atoms with Crippen molar-refractivity contribution in [1.29, 1.82) is 10.5 Å². The average molecular weight is 259 g/mol. The predicted octanol–water partition coefficient (Wildman–Crippen LogP) is 1.81. The van der Waals surface area contributed by atoms with Crippen molar-refractivity contribution in [3.63, 3.8) is 0 Å². The predicted molar refractivity (Wildman–Crippen MR) is 66.5 cm³/mol. The molecule has 1 N–H and O–H groups in total. The Morgan fingerprint density at radius 1 is 1.53 bits per heavy atom. The van der Waals surface area contributed by atoms with Gasteiger partial charge in [0.25, 0.3) is 0 Å². The maximum Gasteiger partial charge on any atom is 0.313 e. The fourth-order valence-electron chi connectivity index (χ4n) is 1.20. The molecule has 1 rings (SSSR count). The van der Waals surface area contributed by atoms with E-state index in [1.807, 2.05) is 0 Å². The largest absolute Gasteiger partial charge is 0.487 e. The lowest BCUT2D eigenvalue weighted by atomic mass is 10.2. The van der Waals surface area contributed by atoms with Gasteiger partial charge in [0, 0.05) is 6.07 Å². The Morgan fingerprint density at radius 2 is 2.21 bits per heavy atom. The first kappa shape index (κ1) is 13.9. The van der Waals surface area contributed by atoms with Gasteiger partial charge in [-0.2, -0.15) is 15.6 Å². The molecule has 0 saturated carbocycles. The van der Waals surface area contributed by atoms with E-state index >= 15 is 0 Å². The van der Waals surface area contributed by atoms with Gasteiger partial charge in [-0.15, -0.1) is 0 Å². The Balaban J connectivity index is 3.04. The summed E-state index contributed by atoms with van der Waals surface area (Å²) in [5.41, 5.74) is 2.07. The standard InChI is InChI=1S/C11H9N5O3/c1-2-19-11-4-3-8(5-10(11)16(17)18)14-15-9(6-12)7-13/h3-5,14H,2H2,1H3. The summed E-state index contributed by atoms with van der Waals surface area (Å²) < 4.78 is 5.11. The van der Waals surface area contributed by atoms with Gasteiger partial charge < -0.3 is 4.74 Å².